The highest BCUT2D eigenvalue weighted by molar-refractivity contribution is 7.17. The Morgan fingerprint density at radius 1 is 1.13 bits per heavy atom. The predicted octanol–water partition coefficient (Wildman–Crippen LogP) is 2.90. The monoisotopic (exact) mass is 425 g/mol. The van der Waals surface area contributed by atoms with E-state index in [0.29, 0.717) is 65.9 Å². The van der Waals surface area contributed by atoms with Gasteiger partial charge in [0.2, 0.25) is 5.95 Å². The number of anilines is 2. The summed E-state index contributed by atoms with van der Waals surface area (Å²) >= 11 is 1.20. The van der Waals surface area contributed by atoms with Gasteiger partial charge in [0, 0.05) is 32.3 Å². The van der Waals surface area contributed by atoms with E-state index >= 15 is 0 Å². The minimum absolute atomic E-state index is 0.134. The molecule has 1 amide bonds. The molecule has 0 unspecified atom stereocenters. The van der Waals surface area contributed by atoms with Crippen LogP contribution in [-0.2, 0) is 6.42 Å². The molecular weight excluding hydrogens is 405 g/mol. The summed E-state index contributed by atoms with van der Waals surface area (Å²) in [7, 11) is 0. The summed E-state index contributed by atoms with van der Waals surface area (Å²) in [5.74, 6) is -0.172. The Hall–Kier alpha value is -2.91. The van der Waals surface area contributed by atoms with Crippen LogP contribution in [0.4, 0.5) is 15.9 Å². The van der Waals surface area contributed by atoms with Crippen molar-refractivity contribution in [2.24, 2.45) is 0 Å². The number of rotatable bonds is 3. The van der Waals surface area contributed by atoms with Gasteiger partial charge >= 0.3 is 0 Å². The van der Waals surface area contributed by atoms with E-state index in [9.17, 15) is 14.3 Å². The van der Waals surface area contributed by atoms with E-state index in [1.54, 1.807) is 35.5 Å². The molecular formula is C21H20FN5O2S. The van der Waals surface area contributed by atoms with Crippen LogP contribution < -0.4 is 9.80 Å². The normalized spacial score (nSPS) is 17.3. The fourth-order valence-electron chi connectivity index (χ4n) is 3.86. The third-order valence-corrected chi connectivity index (χ3v) is 6.64. The van der Waals surface area contributed by atoms with Crippen LogP contribution in [0.25, 0.3) is 10.6 Å². The van der Waals surface area contributed by atoms with Crippen LogP contribution in [0.1, 0.15) is 28.2 Å². The van der Waals surface area contributed by atoms with E-state index in [2.05, 4.69) is 15.0 Å². The highest BCUT2D eigenvalue weighted by atomic mass is 32.1. The van der Waals surface area contributed by atoms with Crippen molar-refractivity contribution in [3.8, 4) is 10.6 Å². The maximum atomic E-state index is 14.8. The van der Waals surface area contributed by atoms with Crippen LogP contribution >= 0.6 is 11.3 Å². The number of aromatic nitrogens is 3. The van der Waals surface area contributed by atoms with Gasteiger partial charge in [0.15, 0.2) is 0 Å². The number of fused-ring (bicyclic) bond motifs is 1. The number of hydrogen-bond donors (Lipinski definition) is 1. The lowest BCUT2D eigenvalue weighted by Gasteiger charge is -2.30. The molecule has 0 aromatic carbocycles. The smallest absolute Gasteiger partial charge is 0.270 e. The van der Waals surface area contributed by atoms with Crippen molar-refractivity contribution in [3.63, 3.8) is 0 Å². The number of piperidine rings is 1. The molecule has 0 saturated carbocycles. The summed E-state index contributed by atoms with van der Waals surface area (Å²) in [5, 5.41) is 10.1. The summed E-state index contributed by atoms with van der Waals surface area (Å²) in [6, 6.07) is 7.10. The first-order valence-corrected chi connectivity index (χ1v) is 10.7. The van der Waals surface area contributed by atoms with Crippen molar-refractivity contribution in [1.29, 1.82) is 0 Å². The molecule has 154 valence electrons. The van der Waals surface area contributed by atoms with Crippen molar-refractivity contribution in [2.45, 2.75) is 25.4 Å². The topological polar surface area (TPSA) is 82.5 Å². The van der Waals surface area contributed by atoms with E-state index in [1.165, 1.54) is 11.3 Å². The number of nitrogens with zero attached hydrogens (tertiary/aromatic N) is 5. The van der Waals surface area contributed by atoms with E-state index in [-0.39, 0.29) is 12.0 Å². The number of carbonyl (C=O) groups excluding carboxylic acids is 1. The second-order valence-corrected chi connectivity index (χ2v) is 8.44. The van der Waals surface area contributed by atoms with Gasteiger partial charge in [-0.15, -0.1) is 11.3 Å². The van der Waals surface area contributed by atoms with E-state index < -0.39 is 5.95 Å². The molecule has 0 atom stereocenters. The Bertz CT molecular complexity index is 1080. The number of amides is 1. The summed E-state index contributed by atoms with van der Waals surface area (Å²) in [4.78, 5) is 29.9. The number of pyridine rings is 2. The van der Waals surface area contributed by atoms with Crippen LogP contribution in [0, 0.1) is 5.95 Å². The second kappa shape index (κ2) is 7.73. The quantitative estimate of drug-likeness (QED) is 0.650. The van der Waals surface area contributed by atoms with Gasteiger partial charge < -0.3 is 14.9 Å². The molecule has 3 aromatic heterocycles. The molecule has 1 fully saturated rings. The van der Waals surface area contributed by atoms with Gasteiger partial charge in [-0.25, -0.2) is 9.97 Å². The van der Waals surface area contributed by atoms with Gasteiger partial charge in [-0.1, -0.05) is 0 Å². The maximum absolute atomic E-state index is 14.8. The minimum Gasteiger partial charge on any atom is -0.393 e. The third-order valence-electron chi connectivity index (χ3n) is 5.52. The molecule has 0 aliphatic carbocycles. The van der Waals surface area contributed by atoms with Gasteiger partial charge in [0.25, 0.3) is 5.91 Å². The molecule has 30 heavy (non-hydrogen) atoms. The summed E-state index contributed by atoms with van der Waals surface area (Å²) in [6.07, 6.45) is 4.94. The largest absolute Gasteiger partial charge is 0.393 e. The number of halogens is 1. The molecule has 5 rings (SSSR count). The molecule has 9 heteroatoms. The summed E-state index contributed by atoms with van der Waals surface area (Å²) < 4.78 is 14.8. The van der Waals surface area contributed by atoms with E-state index in [0.717, 1.165) is 5.69 Å². The summed E-state index contributed by atoms with van der Waals surface area (Å²) in [5.41, 5.74) is 1.75. The van der Waals surface area contributed by atoms with Gasteiger partial charge in [-0.2, -0.15) is 4.39 Å². The highest BCUT2D eigenvalue weighted by Crippen LogP contribution is 2.34. The highest BCUT2D eigenvalue weighted by Gasteiger charge is 2.30. The molecule has 0 radical (unpaired) electrons. The average molecular weight is 425 g/mol. The van der Waals surface area contributed by atoms with Crippen LogP contribution in [0.5, 0.6) is 0 Å². The molecule has 7 nitrogen and oxygen atoms in total. The van der Waals surface area contributed by atoms with Gasteiger partial charge in [0.1, 0.15) is 15.7 Å². The molecule has 2 aliphatic rings. The SMILES string of the molecule is O=C1c2sc(-c3ccc(N4CCC(O)CC4)nc3F)nc2CCN1c1cccnc1. The van der Waals surface area contributed by atoms with E-state index in [4.69, 9.17) is 0 Å². The van der Waals surface area contributed by atoms with Crippen molar-refractivity contribution >= 4 is 28.7 Å². The average Bonchev–Trinajstić information content (AvgIpc) is 3.20. The minimum atomic E-state index is -0.596. The first-order chi connectivity index (χ1) is 14.6. The number of carbonyl (C=O) groups is 1. The van der Waals surface area contributed by atoms with Crippen LogP contribution in [0.3, 0.4) is 0 Å². The zero-order valence-electron chi connectivity index (χ0n) is 16.2. The molecule has 2 aliphatic heterocycles. The molecule has 1 saturated heterocycles. The molecule has 1 N–H and O–H groups in total. The first-order valence-electron chi connectivity index (χ1n) is 9.91. The number of hydrogen-bond acceptors (Lipinski definition) is 7. The lowest BCUT2D eigenvalue weighted by molar-refractivity contribution is 0.0984. The van der Waals surface area contributed by atoms with Crippen LogP contribution in [-0.4, -0.2) is 51.7 Å². The van der Waals surface area contributed by atoms with Crippen LogP contribution in [0.2, 0.25) is 0 Å². The predicted molar refractivity (Wildman–Crippen MR) is 112 cm³/mol. The summed E-state index contributed by atoms with van der Waals surface area (Å²) in [6.45, 7) is 1.82. The zero-order chi connectivity index (χ0) is 20.7. The lowest BCUT2D eigenvalue weighted by Crippen LogP contribution is -2.36. The van der Waals surface area contributed by atoms with Gasteiger partial charge in [-0.3, -0.25) is 9.78 Å². The maximum Gasteiger partial charge on any atom is 0.270 e. The Morgan fingerprint density at radius 2 is 1.97 bits per heavy atom. The van der Waals surface area contributed by atoms with E-state index in [1.807, 2.05) is 11.0 Å². The first kappa shape index (κ1) is 19.1. The lowest BCUT2D eigenvalue weighted by atomic mass is 10.1. The van der Waals surface area contributed by atoms with Gasteiger partial charge in [0.05, 0.1) is 29.2 Å². The Balaban J connectivity index is 1.41. The van der Waals surface area contributed by atoms with Crippen molar-refractivity contribution in [3.05, 3.63) is 53.2 Å². The molecule has 0 spiro atoms. The number of aliphatic hydroxyl groups excluding tert-OH is 1. The molecule has 3 aromatic rings. The fraction of sp³-hybridized carbons (Fsp3) is 0.333. The molecule has 5 heterocycles. The zero-order valence-corrected chi connectivity index (χ0v) is 17.0. The Labute approximate surface area is 176 Å². The molecule has 0 bridgehead atoms. The van der Waals surface area contributed by atoms with Crippen molar-refractivity contribution < 1.29 is 14.3 Å². The standard InChI is InChI=1S/C21H20FN5O2S/c22-19-15(3-4-17(25-19)26-9-5-14(28)6-10-26)20-24-16-7-11-27(21(29)18(16)30-20)13-2-1-8-23-12-13/h1-4,8,12,14,28H,5-7,9-11H2. The van der Waals surface area contributed by atoms with Crippen molar-refractivity contribution in [1.82, 2.24) is 15.0 Å². The third kappa shape index (κ3) is 3.44. The fourth-order valence-corrected chi connectivity index (χ4v) is 4.93. The van der Waals surface area contributed by atoms with Crippen LogP contribution in [0.15, 0.2) is 36.7 Å². The Kier molecular flexibility index (Phi) is 4.92. The van der Waals surface area contributed by atoms with Crippen molar-refractivity contribution in [2.75, 3.05) is 29.4 Å². The number of thiazole rings is 1. The van der Waals surface area contributed by atoms with Gasteiger partial charge in [-0.05, 0) is 37.1 Å². The Morgan fingerprint density at radius 3 is 2.70 bits per heavy atom. The second-order valence-electron chi connectivity index (χ2n) is 7.44. The number of aliphatic hydroxyl groups is 1.